The standard InChI is InChI=1S/C28H28N4O5/c1-35-22-8-3-19(4-9-22)27-29-24-12-5-20(17-25(24)30-27)28(34)37-18-26(33)32-15-13-31(14-16-32)21-6-10-23(36-2)11-7-21/h3-12,17H,13-16,18H2,1-2H3,(H,29,30). The molecule has 190 valence electrons. The monoisotopic (exact) mass is 500 g/mol. The molecule has 5 rings (SSSR count). The number of aromatic amines is 1. The predicted octanol–water partition coefficient (Wildman–Crippen LogP) is 3.75. The van der Waals surface area contributed by atoms with Crippen molar-refractivity contribution in [3.8, 4) is 22.9 Å². The van der Waals surface area contributed by atoms with Crippen LogP contribution in [0.3, 0.4) is 0 Å². The molecule has 4 aromatic rings. The summed E-state index contributed by atoms with van der Waals surface area (Å²) in [5, 5.41) is 0. The summed E-state index contributed by atoms with van der Waals surface area (Å²) in [6.45, 7) is 2.25. The number of H-pyrrole nitrogens is 1. The van der Waals surface area contributed by atoms with Crippen LogP contribution in [0.4, 0.5) is 5.69 Å². The molecule has 37 heavy (non-hydrogen) atoms. The number of methoxy groups -OCH3 is 2. The number of hydrogen-bond donors (Lipinski definition) is 1. The normalized spacial score (nSPS) is 13.5. The lowest BCUT2D eigenvalue weighted by molar-refractivity contribution is -0.134. The van der Waals surface area contributed by atoms with Gasteiger partial charge in [0.25, 0.3) is 5.91 Å². The van der Waals surface area contributed by atoms with Gasteiger partial charge in [-0.3, -0.25) is 4.79 Å². The van der Waals surface area contributed by atoms with E-state index in [-0.39, 0.29) is 12.5 Å². The van der Waals surface area contributed by atoms with Crippen molar-refractivity contribution in [1.82, 2.24) is 14.9 Å². The molecule has 9 nitrogen and oxygen atoms in total. The van der Waals surface area contributed by atoms with Gasteiger partial charge in [-0.25, -0.2) is 9.78 Å². The van der Waals surface area contributed by atoms with Crippen molar-refractivity contribution in [3.63, 3.8) is 0 Å². The minimum atomic E-state index is -0.548. The molecule has 0 spiro atoms. The highest BCUT2D eigenvalue weighted by Gasteiger charge is 2.23. The number of piperazine rings is 1. The van der Waals surface area contributed by atoms with E-state index in [0.29, 0.717) is 43.1 Å². The Labute approximate surface area is 214 Å². The summed E-state index contributed by atoms with van der Waals surface area (Å²) in [5.74, 6) is 1.51. The van der Waals surface area contributed by atoms with E-state index in [2.05, 4.69) is 14.9 Å². The molecule has 0 radical (unpaired) electrons. The quantitative estimate of drug-likeness (QED) is 0.386. The number of benzene rings is 3. The van der Waals surface area contributed by atoms with E-state index < -0.39 is 5.97 Å². The van der Waals surface area contributed by atoms with Crippen molar-refractivity contribution in [2.24, 2.45) is 0 Å². The molecule has 1 aromatic heterocycles. The van der Waals surface area contributed by atoms with Gasteiger partial charge in [0, 0.05) is 37.4 Å². The van der Waals surface area contributed by atoms with E-state index in [1.807, 2.05) is 48.5 Å². The van der Waals surface area contributed by atoms with Crippen LogP contribution >= 0.6 is 0 Å². The second-order valence-electron chi connectivity index (χ2n) is 8.69. The number of hydrogen-bond acceptors (Lipinski definition) is 7. The lowest BCUT2D eigenvalue weighted by atomic mass is 10.2. The lowest BCUT2D eigenvalue weighted by Crippen LogP contribution is -2.49. The summed E-state index contributed by atoms with van der Waals surface area (Å²) < 4.78 is 15.7. The molecule has 9 heteroatoms. The summed E-state index contributed by atoms with van der Waals surface area (Å²) in [6.07, 6.45) is 0. The average molecular weight is 501 g/mol. The minimum Gasteiger partial charge on any atom is -0.497 e. The number of imidazole rings is 1. The zero-order chi connectivity index (χ0) is 25.8. The lowest BCUT2D eigenvalue weighted by Gasteiger charge is -2.36. The highest BCUT2D eigenvalue weighted by atomic mass is 16.5. The average Bonchev–Trinajstić information content (AvgIpc) is 3.39. The topological polar surface area (TPSA) is 97.0 Å². The van der Waals surface area contributed by atoms with Crippen LogP contribution in [0.25, 0.3) is 22.4 Å². The third-order valence-corrected chi connectivity index (χ3v) is 6.48. The molecule has 1 amide bonds. The van der Waals surface area contributed by atoms with E-state index in [9.17, 15) is 9.59 Å². The molecule has 2 heterocycles. The first kappa shape index (κ1) is 24.2. The van der Waals surface area contributed by atoms with Gasteiger partial charge >= 0.3 is 5.97 Å². The van der Waals surface area contributed by atoms with Crippen LogP contribution in [0.1, 0.15) is 10.4 Å². The van der Waals surface area contributed by atoms with E-state index in [4.69, 9.17) is 14.2 Å². The fraction of sp³-hybridized carbons (Fsp3) is 0.250. The van der Waals surface area contributed by atoms with Crippen LogP contribution in [0, 0.1) is 0 Å². The summed E-state index contributed by atoms with van der Waals surface area (Å²) in [5.41, 5.74) is 3.78. The van der Waals surface area contributed by atoms with Gasteiger partial charge in [-0.05, 0) is 66.7 Å². The van der Waals surface area contributed by atoms with Gasteiger partial charge in [0.1, 0.15) is 17.3 Å². The molecule has 0 saturated carbocycles. The maximum atomic E-state index is 12.7. The Kier molecular flexibility index (Phi) is 6.93. The number of fused-ring (bicyclic) bond motifs is 1. The van der Waals surface area contributed by atoms with Gasteiger partial charge in [0.15, 0.2) is 6.61 Å². The Morgan fingerprint density at radius 3 is 2.16 bits per heavy atom. The molecule has 0 unspecified atom stereocenters. The minimum absolute atomic E-state index is 0.202. The number of ether oxygens (including phenoxy) is 3. The van der Waals surface area contributed by atoms with Crippen molar-refractivity contribution in [3.05, 3.63) is 72.3 Å². The SMILES string of the molecule is COc1ccc(-c2nc3ccc(C(=O)OCC(=O)N4CCN(c5ccc(OC)cc5)CC4)cc3[nH]2)cc1. The Morgan fingerprint density at radius 2 is 1.51 bits per heavy atom. The van der Waals surface area contributed by atoms with Gasteiger partial charge in [-0.1, -0.05) is 0 Å². The number of carbonyl (C=O) groups excluding carboxylic acids is 2. The van der Waals surface area contributed by atoms with Crippen molar-refractivity contribution >= 4 is 28.6 Å². The molecule has 3 aromatic carbocycles. The van der Waals surface area contributed by atoms with Gasteiger partial charge in [-0.15, -0.1) is 0 Å². The largest absolute Gasteiger partial charge is 0.497 e. The first-order chi connectivity index (χ1) is 18.0. The first-order valence-electron chi connectivity index (χ1n) is 12.0. The number of anilines is 1. The van der Waals surface area contributed by atoms with Gasteiger partial charge < -0.3 is 29.0 Å². The van der Waals surface area contributed by atoms with Crippen molar-refractivity contribution < 1.29 is 23.8 Å². The molecule has 1 fully saturated rings. The molecule has 1 aliphatic heterocycles. The van der Waals surface area contributed by atoms with Crippen molar-refractivity contribution in [2.45, 2.75) is 0 Å². The second kappa shape index (κ2) is 10.6. The molecule has 1 N–H and O–H groups in total. The van der Waals surface area contributed by atoms with E-state index >= 15 is 0 Å². The number of amides is 1. The number of esters is 1. The van der Waals surface area contributed by atoms with Crippen LogP contribution in [0.5, 0.6) is 11.5 Å². The fourth-order valence-corrected chi connectivity index (χ4v) is 4.33. The Bertz CT molecular complexity index is 1390. The molecule has 1 aliphatic rings. The van der Waals surface area contributed by atoms with Gasteiger partial charge in [-0.2, -0.15) is 0 Å². The third-order valence-electron chi connectivity index (χ3n) is 6.48. The van der Waals surface area contributed by atoms with Gasteiger partial charge in [0.2, 0.25) is 0 Å². The molecule has 0 atom stereocenters. The van der Waals surface area contributed by atoms with Gasteiger partial charge in [0.05, 0.1) is 30.8 Å². The van der Waals surface area contributed by atoms with Crippen molar-refractivity contribution in [1.29, 1.82) is 0 Å². The van der Waals surface area contributed by atoms with Crippen molar-refractivity contribution in [2.75, 3.05) is 51.9 Å². The number of rotatable bonds is 7. The maximum Gasteiger partial charge on any atom is 0.338 e. The summed E-state index contributed by atoms with van der Waals surface area (Å²) >= 11 is 0. The number of nitrogens with zero attached hydrogens (tertiary/aromatic N) is 3. The predicted molar refractivity (Wildman–Crippen MR) is 140 cm³/mol. The molecule has 1 saturated heterocycles. The zero-order valence-corrected chi connectivity index (χ0v) is 20.8. The van der Waals surface area contributed by atoms with E-state index in [1.165, 1.54) is 0 Å². The third kappa shape index (κ3) is 5.35. The fourth-order valence-electron chi connectivity index (χ4n) is 4.33. The summed E-state index contributed by atoms with van der Waals surface area (Å²) in [4.78, 5) is 37.1. The van der Waals surface area contributed by atoms with Crippen LogP contribution in [0.2, 0.25) is 0 Å². The van der Waals surface area contributed by atoms with E-state index in [0.717, 1.165) is 28.3 Å². The van der Waals surface area contributed by atoms with Crippen LogP contribution in [0.15, 0.2) is 66.7 Å². The molecule has 0 bridgehead atoms. The highest BCUT2D eigenvalue weighted by molar-refractivity contribution is 5.95. The van der Waals surface area contributed by atoms with E-state index in [1.54, 1.807) is 37.3 Å². The number of carbonyl (C=O) groups is 2. The first-order valence-corrected chi connectivity index (χ1v) is 12.0. The Balaban J connectivity index is 1.15. The van der Waals surface area contributed by atoms with Crippen LogP contribution in [-0.2, 0) is 9.53 Å². The summed E-state index contributed by atoms with van der Waals surface area (Å²) in [6, 6.07) is 20.5. The zero-order valence-electron chi connectivity index (χ0n) is 20.8. The Hall–Kier alpha value is -4.53. The number of aromatic nitrogens is 2. The smallest absolute Gasteiger partial charge is 0.338 e. The Morgan fingerprint density at radius 1 is 0.865 bits per heavy atom. The molecular formula is C28H28N4O5. The van der Waals surface area contributed by atoms with Crippen LogP contribution < -0.4 is 14.4 Å². The van der Waals surface area contributed by atoms with Crippen LogP contribution in [-0.4, -0.2) is 73.7 Å². The molecule has 0 aliphatic carbocycles. The molecular weight excluding hydrogens is 472 g/mol. The number of nitrogens with one attached hydrogen (secondary N) is 1. The second-order valence-corrected chi connectivity index (χ2v) is 8.69. The maximum absolute atomic E-state index is 12.7. The summed E-state index contributed by atoms with van der Waals surface area (Å²) in [7, 11) is 3.26. The highest BCUT2D eigenvalue weighted by Crippen LogP contribution is 2.24.